The Balaban J connectivity index is 2.54. The van der Waals surface area contributed by atoms with Crippen LogP contribution in [-0.4, -0.2) is 15.0 Å². The maximum Gasteiger partial charge on any atom is 0.163 e. The lowest BCUT2D eigenvalue weighted by Crippen LogP contribution is -2.03. The molecule has 0 bridgehead atoms. The molecule has 2 rings (SSSR count). The Kier molecular flexibility index (Phi) is 4.53. The van der Waals surface area contributed by atoms with Gasteiger partial charge < -0.3 is 0 Å². The number of hydrogen-bond donors (Lipinski definition) is 0. The molecule has 19 heavy (non-hydrogen) atoms. The van der Waals surface area contributed by atoms with E-state index in [1.807, 2.05) is 13.0 Å². The van der Waals surface area contributed by atoms with E-state index in [1.165, 1.54) is 0 Å². The Morgan fingerprint density at radius 2 is 2.05 bits per heavy atom. The molecule has 0 aliphatic rings. The first kappa shape index (κ1) is 14.4. The van der Waals surface area contributed by atoms with Gasteiger partial charge in [-0.05, 0) is 46.8 Å². The highest BCUT2D eigenvalue weighted by Crippen LogP contribution is 2.29. The van der Waals surface area contributed by atoms with Crippen LogP contribution in [0.1, 0.15) is 25.1 Å². The lowest BCUT2D eigenvalue weighted by Gasteiger charge is -2.11. The Bertz CT molecular complexity index is 599. The fourth-order valence-electron chi connectivity index (χ4n) is 1.80. The molecule has 5 heteroatoms. The van der Waals surface area contributed by atoms with Crippen LogP contribution in [0.15, 0.2) is 22.9 Å². The van der Waals surface area contributed by atoms with Crippen molar-refractivity contribution in [2.45, 2.75) is 27.2 Å². The van der Waals surface area contributed by atoms with Gasteiger partial charge in [0.2, 0.25) is 0 Å². The number of nitrogens with zero attached hydrogens (tertiary/aromatic N) is 3. The molecule has 0 atom stereocenters. The highest BCUT2D eigenvalue weighted by molar-refractivity contribution is 9.10. The molecule has 2 aromatic heterocycles. The van der Waals surface area contributed by atoms with Crippen LogP contribution < -0.4 is 0 Å². The van der Waals surface area contributed by atoms with Crippen molar-refractivity contribution in [1.29, 1.82) is 0 Å². The minimum Gasteiger partial charge on any atom is -0.264 e. The third-order valence-corrected chi connectivity index (χ3v) is 4.10. The van der Waals surface area contributed by atoms with E-state index >= 15 is 0 Å². The zero-order valence-electron chi connectivity index (χ0n) is 11.1. The summed E-state index contributed by atoms with van der Waals surface area (Å²) in [5.74, 6) is 1.14. The van der Waals surface area contributed by atoms with E-state index < -0.39 is 0 Å². The SMILES string of the molecule is Cc1ccncc1-c1nc(Cl)c(Br)c(CC(C)C)n1. The van der Waals surface area contributed by atoms with Gasteiger partial charge in [0, 0.05) is 18.0 Å². The molecule has 0 saturated heterocycles. The molecule has 0 unspecified atom stereocenters. The van der Waals surface area contributed by atoms with Crippen molar-refractivity contribution in [3.05, 3.63) is 39.3 Å². The van der Waals surface area contributed by atoms with Crippen molar-refractivity contribution in [2.75, 3.05) is 0 Å². The molecule has 0 radical (unpaired) electrons. The lowest BCUT2D eigenvalue weighted by atomic mass is 10.1. The minimum atomic E-state index is 0.448. The van der Waals surface area contributed by atoms with E-state index in [4.69, 9.17) is 11.6 Å². The van der Waals surface area contributed by atoms with Gasteiger partial charge in [0.05, 0.1) is 10.2 Å². The summed E-state index contributed by atoms with van der Waals surface area (Å²) in [4.78, 5) is 13.1. The van der Waals surface area contributed by atoms with E-state index in [0.717, 1.165) is 27.7 Å². The van der Waals surface area contributed by atoms with Crippen LogP contribution in [0.3, 0.4) is 0 Å². The van der Waals surface area contributed by atoms with E-state index in [2.05, 4.69) is 44.7 Å². The average molecular weight is 341 g/mol. The van der Waals surface area contributed by atoms with Crippen molar-refractivity contribution in [1.82, 2.24) is 15.0 Å². The zero-order chi connectivity index (χ0) is 14.0. The standard InChI is InChI=1S/C14H15BrClN3/c1-8(2)6-11-12(15)13(16)19-14(18-11)10-7-17-5-4-9(10)3/h4-5,7-8H,6H2,1-3H3. The van der Waals surface area contributed by atoms with Gasteiger partial charge in [0.1, 0.15) is 5.15 Å². The van der Waals surface area contributed by atoms with Crippen molar-refractivity contribution >= 4 is 27.5 Å². The van der Waals surface area contributed by atoms with Crippen molar-refractivity contribution in [2.24, 2.45) is 5.92 Å². The third-order valence-electron chi connectivity index (χ3n) is 2.76. The molecule has 0 aromatic carbocycles. The van der Waals surface area contributed by atoms with Gasteiger partial charge in [-0.15, -0.1) is 0 Å². The summed E-state index contributed by atoms with van der Waals surface area (Å²) in [5, 5.41) is 0.448. The molecule has 0 amide bonds. The molecule has 2 heterocycles. The van der Waals surface area contributed by atoms with Crippen LogP contribution in [0.25, 0.3) is 11.4 Å². The minimum absolute atomic E-state index is 0.448. The highest BCUT2D eigenvalue weighted by Gasteiger charge is 2.14. The van der Waals surface area contributed by atoms with E-state index in [-0.39, 0.29) is 0 Å². The zero-order valence-corrected chi connectivity index (χ0v) is 13.5. The summed E-state index contributed by atoms with van der Waals surface area (Å²) in [7, 11) is 0. The van der Waals surface area contributed by atoms with Gasteiger partial charge in [-0.2, -0.15) is 0 Å². The highest BCUT2D eigenvalue weighted by atomic mass is 79.9. The van der Waals surface area contributed by atoms with E-state index in [9.17, 15) is 0 Å². The molecular formula is C14H15BrClN3. The number of hydrogen-bond acceptors (Lipinski definition) is 3. The molecule has 0 spiro atoms. The van der Waals surface area contributed by atoms with E-state index in [0.29, 0.717) is 16.9 Å². The fraction of sp³-hybridized carbons (Fsp3) is 0.357. The quantitative estimate of drug-likeness (QED) is 0.774. The normalized spacial score (nSPS) is 11.1. The first-order chi connectivity index (χ1) is 8.99. The summed E-state index contributed by atoms with van der Waals surface area (Å²) in [6.07, 6.45) is 4.39. The summed E-state index contributed by atoms with van der Waals surface area (Å²) in [6, 6.07) is 1.94. The van der Waals surface area contributed by atoms with Crippen LogP contribution in [0, 0.1) is 12.8 Å². The fourth-order valence-corrected chi connectivity index (χ4v) is 2.33. The summed E-state index contributed by atoms with van der Waals surface area (Å²) >= 11 is 9.65. The summed E-state index contributed by atoms with van der Waals surface area (Å²) in [5.41, 5.74) is 2.94. The second-order valence-corrected chi connectivity index (χ2v) is 6.04. The Labute approximate surface area is 126 Å². The molecule has 0 N–H and O–H groups in total. The predicted molar refractivity (Wildman–Crippen MR) is 81.3 cm³/mol. The summed E-state index contributed by atoms with van der Waals surface area (Å²) < 4.78 is 0.785. The van der Waals surface area contributed by atoms with Crippen LogP contribution in [0.5, 0.6) is 0 Å². The van der Waals surface area contributed by atoms with Gasteiger partial charge in [0.15, 0.2) is 5.82 Å². The molecule has 0 aliphatic heterocycles. The second-order valence-electron chi connectivity index (χ2n) is 4.89. The first-order valence-corrected chi connectivity index (χ1v) is 7.29. The Morgan fingerprint density at radius 1 is 1.32 bits per heavy atom. The number of aryl methyl sites for hydroxylation is 1. The second kappa shape index (κ2) is 5.97. The molecule has 3 nitrogen and oxygen atoms in total. The van der Waals surface area contributed by atoms with E-state index in [1.54, 1.807) is 12.4 Å². The smallest absolute Gasteiger partial charge is 0.163 e. The number of aromatic nitrogens is 3. The van der Waals surface area contributed by atoms with Crippen LogP contribution in [-0.2, 0) is 6.42 Å². The van der Waals surface area contributed by atoms with Crippen molar-refractivity contribution in [3.8, 4) is 11.4 Å². The monoisotopic (exact) mass is 339 g/mol. The predicted octanol–water partition coefficient (Wildman–Crippen LogP) is 4.46. The van der Waals surface area contributed by atoms with Gasteiger partial charge in [0.25, 0.3) is 0 Å². The first-order valence-electron chi connectivity index (χ1n) is 6.12. The lowest BCUT2D eigenvalue weighted by molar-refractivity contribution is 0.632. The van der Waals surface area contributed by atoms with Gasteiger partial charge in [-0.25, -0.2) is 9.97 Å². The summed E-state index contributed by atoms with van der Waals surface area (Å²) in [6.45, 7) is 6.31. The Hall–Kier alpha value is -1.00. The number of pyridine rings is 1. The topological polar surface area (TPSA) is 38.7 Å². The van der Waals surface area contributed by atoms with Gasteiger partial charge in [-0.1, -0.05) is 25.4 Å². The van der Waals surface area contributed by atoms with Crippen LogP contribution >= 0.6 is 27.5 Å². The molecule has 0 fully saturated rings. The number of rotatable bonds is 3. The maximum absolute atomic E-state index is 6.19. The van der Waals surface area contributed by atoms with Crippen LogP contribution in [0.2, 0.25) is 5.15 Å². The van der Waals surface area contributed by atoms with Crippen molar-refractivity contribution < 1.29 is 0 Å². The molecular weight excluding hydrogens is 326 g/mol. The molecule has 0 aliphatic carbocycles. The average Bonchev–Trinajstić information content (AvgIpc) is 2.35. The number of halogens is 2. The molecule has 2 aromatic rings. The maximum atomic E-state index is 6.19. The molecule has 100 valence electrons. The van der Waals surface area contributed by atoms with Crippen LogP contribution in [0.4, 0.5) is 0 Å². The largest absolute Gasteiger partial charge is 0.264 e. The van der Waals surface area contributed by atoms with Gasteiger partial charge in [-0.3, -0.25) is 4.98 Å². The third kappa shape index (κ3) is 3.31. The van der Waals surface area contributed by atoms with Gasteiger partial charge >= 0.3 is 0 Å². The Morgan fingerprint density at radius 3 is 2.68 bits per heavy atom. The molecule has 0 saturated carbocycles. The van der Waals surface area contributed by atoms with Crippen molar-refractivity contribution in [3.63, 3.8) is 0 Å².